The van der Waals surface area contributed by atoms with Crippen LogP contribution in [0.1, 0.15) is 103 Å². The first-order valence-electron chi connectivity index (χ1n) is 14.2. The molecule has 2 aromatic carbocycles. The van der Waals surface area contributed by atoms with Gasteiger partial charge in [-0.25, -0.2) is 9.97 Å². The summed E-state index contributed by atoms with van der Waals surface area (Å²) in [5.41, 5.74) is 6.29. The summed E-state index contributed by atoms with van der Waals surface area (Å²) in [4.78, 5) is 9.29. The van der Waals surface area contributed by atoms with Crippen LogP contribution in [-0.2, 0) is 12.8 Å². The van der Waals surface area contributed by atoms with Gasteiger partial charge in [0.2, 0.25) is 0 Å². The van der Waals surface area contributed by atoms with E-state index in [0.29, 0.717) is 0 Å². The van der Waals surface area contributed by atoms with E-state index in [4.69, 9.17) is 0 Å². The molecule has 0 radical (unpaired) electrons. The number of aryl methyl sites for hydroxylation is 2. The Bertz CT molecular complexity index is 940. The van der Waals surface area contributed by atoms with Crippen molar-refractivity contribution in [3.05, 3.63) is 72.1 Å². The molecule has 0 saturated heterocycles. The third-order valence-electron chi connectivity index (χ3n) is 6.95. The van der Waals surface area contributed by atoms with Gasteiger partial charge in [-0.05, 0) is 53.9 Å². The van der Waals surface area contributed by atoms with Gasteiger partial charge < -0.3 is 0 Å². The predicted octanol–water partition coefficient (Wildman–Crippen LogP) is 9.86. The highest BCUT2D eigenvalue weighted by Gasteiger charge is 2.04. The summed E-state index contributed by atoms with van der Waals surface area (Å²) >= 11 is 0. The number of nitrogens with zero attached hydrogens (tertiary/aromatic N) is 2. The number of hydrogen-bond acceptors (Lipinski definition) is 2. The second kappa shape index (κ2) is 15.5. The fourth-order valence-electron chi connectivity index (χ4n) is 4.65. The molecule has 1 aromatic heterocycles. The molecule has 2 heteroatoms. The van der Waals surface area contributed by atoms with Crippen LogP contribution in [0.4, 0.5) is 0 Å². The summed E-state index contributed by atoms with van der Waals surface area (Å²) in [6.45, 7) is 6.90. The molecule has 35 heavy (non-hydrogen) atoms. The summed E-state index contributed by atoms with van der Waals surface area (Å²) in [7, 11) is 0. The van der Waals surface area contributed by atoms with E-state index in [1.165, 1.54) is 99.3 Å². The molecule has 0 aliphatic heterocycles. The highest BCUT2D eigenvalue weighted by atomic mass is 14.9. The number of aromatic nitrogens is 2. The van der Waals surface area contributed by atoms with Gasteiger partial charge in [0.15, 0.2) is 5.82 Å². The van der Waals surface area contributed by atoms with Crippen molar-refractivity contribution < 1.29 is 0 Å². The third-order valence-corrected chi connectivity index (χ3v) is 6.95. The molecule has 3 aromatic rings. The highest BCUT2D eigenvalue weighted by Crippen LogP contribution is 2.24. The fraction of sp³-hybridized carbons (Fsp3) is 0.515. The van der Waals surface area contributed by atoms with Crippen molar-refractivity contribution in [2.24, 2.45) is 5.92 Å². The number of rotatable bonds is 16. The molecule has 0 aliphatic rings. The number of hydrogen-bond donors (Lipinski definition) is 0. The van der Waals surface area contributed by atoms with Gasteiger partial charge in [0.1, 0.15) is 0 Å². The number of benzene rings is 2. The van der Waals surface area contributed by atoms with Crippen molar-refractivity contribution in [1.82, 2.24) is 9.97 Å². The first kappa shape index (κ1) is 27.1. The highest BCUT2D eigenvalue weighted by molar-refractivity contribution is 5.67. The minimum Gasteiger partial charge on any atom is -0.236 e. The van der Waals surface area contributed by atoms with Crippen molar-refractivity contribution in [2.75, 3.05) is 0 Å². The van der Waals surface area contributed by atoms with Crippen molar-refractivity contribution >= 4 is 0 Å². The summed E-state index contributed by atoms with van der Waals surface area (Å²) in [6, 6.07) is 17.7. The van der Waals surface area contributed by atoms with Gasteiger partial charge in [0.05, 0.1) is 0 Å². The van der Waals surface area contributed by atoms with E-state index in [1.54, 1.807) is 0 Å². The van der Waals surface area contributed by atoms with Gasteiger partial charge in [0, 0.05) is 18.0 Å². The molecule has 0 unspecified atom stereocenters. The van der Waals surface area contributed by atoms with E-state index >= 15 is 0 Å². The smallest absolute Gasteiger partial charge is 0.159 e. The molecule has 3 rings (SSSR count). The van der Waals surface area contributed by atoms with Gasteiger partial charge >= 0.3 is 0 Å². The predicted molar refractivity (Wildman–Crippen MR) is 152 cm³/mol. The van der Waals surface area contributed by atoms with Gasteiger partial charge in [-0.15, -0.1) is 0 Å². The summed E-state index contributed by atoms with van der Waals surface area (Å²) in [5, 5.41) is 0. The van der Waals surface area contributed by atoms with E-state index in [2.05, 4.69) is 79.3 Å². The van der Waals surface area contributed by atoms with Gasteiger partial charge in [-0.1, -0.05) is 127 Å². The molecule has 2 nitrogen and oxygen atoms in total. The van der Waals surface area contributed by atoms with Crippen LogP contribution in [0.2, 0.25) is 0 Å². The average molecular weight is 471 g/mol. The molecule has 188 valence electrons. The lowest BCUT2D eigenvalue weighted by Crippen LogP contribution is -1.93. The van der Waals surface area contributed by atoms with E-state index in [-0.39, 0.29) is 0 Å². The van der Waals surface area contributed by atoms with Crippen LogP contribution in [0.15, 0.2) is 60.9 Å². The minimum atomic E-state index is 0.812. The van der Waals surface area contributed by atoms with E-state index < -0.39 is 0 Å². The van der Waals surface area contributed by atoms with Crippen LogP contribution in [-0.4, -0.2) is 9.97 Å². The van der Waals surface area contributed by atoms with Crippen molar-refractivity contribution in [3.63, 3.8) is 0 Å². The Morgan fingerprint density at radius 3 is 1.63 bits per heavy atom. The molecule has 0 aliphatic carbocycles. The Balaban J connectivity index is 1.43. The maximum absolute atomic E-state index is 4.65. The fourth-order valence-corrected chi connectivity index (χ4v) is 4.65. The lowest BCUT2D eigenvalue weighted by atomic mass is 10.00. The molecule has 0 amide bonds. The molecular weight excluding hydrogens is 424 g/mol. The summed E-state index contributed by atoms with van der Waals surface area (Å²) in [5.74, 6) is 1.65. The second-order valence-corrected chi connectivity index (χ2v) is 10.6. The van der Waals surface area contributed by atoms with Crippen LogP contribution in [0.5, 0.6) is 0 Å². The van der Waals surface area contributed by atoms with Crippen molar-refractivity contribution in [3.8, 4) is 22.5 Å². The average Bonchev–Trinajstić information content (AvgIpc) is 2.89. The lowest BCUT2D eigenvalue weighted by Gasteiger charge is -2.07. The molecule has 0 spiro atoms. The van der Waals surface area contributed by atoms with Crippen LogP contribution in [0.25, 0.3) is 22.5 Å². The zero-order valence-corrected chi connectivity index (χ0v) is 22.4. The van der Waals surface area contributed by atoms with Gasteiger partial charge in [-0.3, -0.25) is 0 Å². The Hall–Kier alpha value is -2.48. The molecule has 0 atom stereocenters. The zero-order chi connectivity index (χ0) is 24.7. The Kier molecular flexibility index (Phi) is 12.0. The van der Waals surface area contributed by atoms with Gasteiger partial charge in [0.25, 0.3) is 0 Å². The Labute approximate surface area is 214 Å². The first-order chi connectivity index (χ1) is 17.2. The van der Waals surface area contributed by atoms with Crippen LogP contribution >= 0.6 is 0 Å². The maximum atomic E-state index is 4.65. The maximum Gasteiger partial charge on any atom is 0.159 e. The molecule has 0 fully saturated rings. The van der Waals surface area contributed by atoms with E-state index in [0.717, 1.165) is 23.7 Å². The van der Waals surface area contributed by atoms with Crippen LogP contribution in [0.3, 0.4) is 0 Å². The molecular formula is C33H46N2. The Morgan fingerprint density at radius 2 is 1.03 bits per heavy atom. The van der Waals surface area contributed by atoms with Crippen LogP contribution in [0, 0.1) is 5.92 Å². The number of unbranched alkanes of at least 4 members (excludes halogenated alkanes) is 8. The third kappa shape index (κ3) is 9.96. The normalized spacial score (nSPS) is 11.3. The van der Waals surface area contributed by atoms with Gasteiger partial charge in [-0.2, -0.15) is 0 Å². The lowest BCUT2D eigenvalue weighted by molar-refractivity contribution is 0.515. The van der Waals surface area contributed by atoms with E-state index in [1.807, 2.05) is 12.4 Å². The monoisotopic (exact) mass is 470 g/mol. The summed E-state index contributed by atoms with van der Waals surface area (Å²) in [6.07, 6.45) is 21.0. The molecule has 0 N–H and O–H groups in total. The Morgan fingerprint density at radius 1 is 0.543 bits per heavy atom. The molecule has 1 heterocycles. The molecule has 0 saturated carbocycles. The van der Waals surface area contributed by atoms with Crippen LogP contribution < -0.4 is 0 Å². The quantitative estimate of drug-likeness (QED) is 0.195. The van der Waals surface area contributed by atoms with Crippen molar-refractivity contribution in [1.29, 1.82) is 0 Å². The van der Waals surface area contributed by atoms with E-state index in [9.17, 15) is 0 Å². The summed E-state index contributed by atoms with van der Waals surface area (Å²) < 4.78 is 0. The minimum absolute atomic E-state index is 0.812. The first-order valence-corrected chi connectivity index (χ1v) is 14.2. The SMILES string of the molecule is CCCCCCCc1ccc(-c2ccc(-c3ncc(CCCCCCCC(C)C)cn3)cc2)cc1. The topological polar surface area (TPSA) is 25.8 Å². The van der Waals surface area contributed by atoms with Crippen molar-refractivity contribution in [2.45, 2.75) is 104 Å². The second-order valence-electron chi connectivity index (χ2n) is 10.6. The standard InChI is InChI=1S/C33H46N2/c1-4-5-6-8-12-15-28-17-19-30(20-18-28)31-21-23-32(24-22-31)33-34-25-29(26-35-33)16-13-10-7-9-11-14-27(2)3/h17-27H,4-16H2,1-3H3. The largest absolute Gasteiger partial charge is 0.236 e. The molecule has 0 bridgehead atoms. The zero-order valence-electron chi connectivity index (χ0n) is 22.4.